The summed E-state index contributed by atoms with van der Waals surface area (Å²) in [5.41, 5.74) is 9.23. The van der Waals surface area contributed by atoms with Crippen molar-refractivity contribution in [3.05, 3.63) is 33.2 Å². The van der Waals surface area contributed by atoms with E-state index in [0.29, 0.717) is 6.42 Å². The van der Waals surface area contributed by atoms with Crippen molar-refractivity contribution in [2.75, 3.05) is 13.7 Å². The highest BCUT2D eigenvalue weighted by Gasteiger charge is 2.22. The molecule has 0 spiro atoms. The van der Waals surface area contributed by atoms with Gasteiger partial charge in [-0.05, 0) is 69.4 Å². The largest absolute Gasteiger partial charge is 0.388 e. The summed E-state index contributed by atoms with van der Waals surface area (Å²) in [6.07, 6.45) is 10.1. The topological polar surface area (TPSA) is 67.5 Å². The molecule has 2 aliphatic rings. The van der Waals surface area contributed by atoms with Crippen molar-refractivity contribution in [3.63, 3.8) is 0 Å². The van der Waals surface area contributed by atoms with Crippen LogP contribution in [0.2, 0.25) is 0 Å². The van der Waals surface area contributed by atoms with E-state index in [0.717, 1.165) is 12.3 Å². The zero-order chi connectivity index (χ0) is 17.6. The van der Waals surface area contributed by atoms with Gasteiger partial charge in [0.25, 0.3) is 0 Å². The van der Waals surface area contributed by atoms with Gasteiger partial charge in [0.15, 0.2) is 6.29 Å². The Hall–Kier alpha value is -0.880. The first-order valence-electron chi connectivity index (χ1n) is 9.64. The molecular formula is C20H32N2O2S. The average molecular weight is 365 g/mol. The number of aryl methyl sites for hydroxylation is 1. The molecule has 0 aromatic carbocycles. The molecule has 2 heterocycles. The molecule has 1 aliphatic carbocycles. The minimum absolute atomic E-state index is 0.357. The normalized spacial score (nSPS) is 23.1. The lowest BCUT2D eigenvalue weighted by Crippen LogP contribution is -2.37. The highest BCUT2D eigenvalue weighted by Crippen LogP contribution is 2.35. The summed E-state index contributed by atoms with van der Waals surface area (Å²) in [5, 5.41) is 13.2. The summed E-state index contributed by atoms with van der Waals surface area (Å²) in [6.45, 7) is 1.17. The van der Waals surface area contributed by atoms with Crippen molar-refractivity contribution in [1.29, 1.82) is 0 Å². The zero-order valence-electron chi connectivity index (χ0n) is 15.3. The van der Waals surface area contributed by atoms with Crippen LogP contribution in [0.5, 0.6) is 0 Å². The van der Waals surface area contributed by atoms with Gasteiger partial charge in [0, 0.05) is 35.5 Å². The van der Waals surface area contributed by atoms with E-state index >= 15 is 0 Å². The number of ether oxygens (including phenoxy) is 1. The van der Waals surface area contributed by atoms with Gasteiger partial charge < -0.3 is 20.9 Å². The summed E-state index contributed by atoms with van der Waals surface area (Å²) in [4.78, 5) is 2.66. The molecule has 0 radical (unpaired) electrons. The first kappa shape index (κ1) is 18.9. The first-order valence-corrected chi connectivity index (χ1v) is 10.5. The van der Waals surface area contributed by atoms with Gasteiger partial charge in [-0.2, -0.15) is 0 Å². The van der Waals surface area contributed by atoms with Crippen molar-refractivity contribution >= 4 is 11.3 Å². The Balaban J connectivity index is 1.40. The van der Waals surface area contributed by atoms with E-state index in [2.05, 4.69) is 17.4 Å². The number of hydrogen-bond acceptors (Lipinski definition) is 5. The number of nitrogens with one attached hydrogen (secondary N) is 1. The van der Waals surface area contributed by atoms with Gasteiger partial charge in [-0.1, -0.05) is 5.57 Å². The second-order valence-electron chi connectivity index (χ2n) is 7.48. The van der Waals surface area contributed by atoms with Crippen LogP contribution in [0.3, 0.4) is 0 Å². The number of hydrogen-bond donors (Lipinski definition) is 3. The molecular weight excluding hydrogens is 332 g/mol. The van der Waals surface area contributed by atoms with Crippen LogP contribution in [-0.4, -0.2) is 31.1 Å². The number of aliphatic hydroxyl groups excluding tert-OH is 1. The average Bonchev–Trinajstić information content (AvgIpc) is 3.08. The van der Waals surface area contributed by atoms with E-state index in [9.17, 15) is 5.11 Å². The van der Waals surface area contributed by atoms with Gasteiger partial charge in [0.2, 0.25) is 0 Å². The van der Waals surface area contributed by atoms with E-state index in [-0.39, 0.29) is 6.04 Å². The minimum Gasteiger partial charge on any atom is -0.388 e. The molecule has 1 aromatic heterocycles. The molecule has 25 heavy (non-hydrogen) atoms. The van der Waals surface area contributed by atoms with Gasteiger partial charge in [0.05, 0.1) is 6.04 Å². The highest BCUT2D eigenvalue weighted by molar-refractivity contribution is 7.12. The van der Waals surface area contributed by atoms with E-state index in [1.165, 1.54) is 68.4 Å². The van der Waals surface area contributed by atoms with Crippen LogP contribution in [0, 0.1) is 5.92 Å². The molecule has 0 amide bonds. The Morgan fingerprint density at radius 3 is 3.04 bits per heavy atom. The summed E-state index contributed by atoms with van der Waals surface area (Å²) in [5.74, 6) is 0.856. The molecule has 4 nitrogen and oxygen atoms in total. The molecule has 0 saturated carbocycles. The predicted molar refractivity (Wildman–Crippen MR) is 104 cm³/mol. The molecule has 0 fully saturated rings. The summed E-state index contributed by atoms with van der Waals surface area (Å²) in [7, 11) is 1.48. The maximum Gasteiger partial charge on any atom is 0.169 e. The fourth-order valence-corrected chi connectivity index (χ4v) is 5.20. The van der Waals surface area contributed by atoms with Gasteiger partial charge in [-0.25, -0.2) is 0 Å². The third-order valence-corrected chi connectivity index (χ3v) is 6.73. The molecule has 0 saturated heterocycles. The van der Waals surface area contributed by atoms with Crippen LogP contribution in [0.15, 0.2) is 23.4 Å². The van der Waals surface area contributed by atoms with Gasteiger partial charge in [-0.15, -0.1) is 11.3 Å². The number of rotatable bonds is 8. The maximum absolute atomic E-state index is 9.61. The number of methoxy groups -OCH3 is 1. The smallest absolute Gasteiger partial charge is 0.169 e. The summed E-state index contributed by atoms with van der Waals surface area (Å²) in [6, 6.07) is 4.01. The van der Waals surface area contributed by atoms with Crippen molar-refractivity contribution in [3.8, 4) is 0 Å². The third-order valence-electron chi connectivity index (χ3n) is 5.57. The Kier molecular flexibility index (Phi) is 6.93. The maximum atomic E-state index is 9.61. The Morgan fingerprint density at radius 2 is 2.20 bits per heavy atom. The second-order valence-corrected chi connectivity index (χ2v) is 8.73. The molecule has 1 aliphatic heterocycles. The van der Waals surface area contributed by atoms with Gasteiger partial charge >= 0.3 is 0 Å². The molecule has 5 heteroatoms. The fourth-order valence-electron chi connectivity index (χ4n) is 4.06. The minimum atomic E-state index is -0.885. The van der Waals surface area contributed by atoms with Gasteiger partial charge in [-0.3, -0.25) is 0 Å². The molecule has 1 aromatic rings. The van der Waals surface area contributed by atoms with E-state index in [1.54, 1.807) is 11.3 Å². The van der Waals surface area contributed by atoms with Crippen LogP contribution < -0.4 is 11.1 Å². The van der Waals surface area contributed by atoms with E-state index in [4.69, 9.17) is 10.5 Å². The van der Waals surface area contributed by atoms with Gasteiger partial charge in [0.1, 0.15) is 0 Å². The quantitative estimate of drug-likeness (QED) is 0.619. The number of allylic oxidation sites excluding steroid dienone is 2. The molecule has 4 N–H and O–H groups in total. The third kappa shape index (κ3) is 5.30. The van der Waals surface area contributed by atoms with Crippen LogP contribution in [-0.2, 0) is 17.6 Å². The Labute approximate surface area is 155 Å². The Morgan fingerprint density at radius 1 is 1.36 bits per heavy atom. The van der Waals surface area contributed by atoms with Crippen LogP contribution >= 0.6 is 11.3 Å². The standard InChI is InChI=1S/C20H32N2O2S/c1-24-20(23)18(21)13-17-10-9-16(25-17)6-2-4-14-7-8-15-5-3-11-22-19(15)12-14/h9-10,14,18,20,22-23H,2-8,11-13,21H2,1H3. The predicted octanol–water partition coefficient (Wildman–Crippen LogP) is 3.34. The lowest BCUT2D eigenvalue weighted by molar-refractivity contribution is -0.0889. The molecule has 3 atom stereocenters. The lowest BCUT2D eigenvalue weighted by atomic mass is 9.81. The van der Waals surface area contributed by atoms with Crippen LogP contribution in [0.4, 0.5) is 0 Å². The van der Waals surface area contributed by atoms with Crippen LogP contribution in [0.1, 0.15) is 54.7 Å². The number of thiophene rings is 1. The second kappa shape index (κ2) is 9.17. The van der Waals surface area contributed by atoms with E-state index in [1.807, 2.05) is 11.3 Å². The SMILES string of the molecule is COC(O)C(N)Cc1ccc(CCCC2CCC3=C(C2)NCCC3)s1. The van der Waals surface area contributed by atoms with Crippen molar-refractivity contribution in [2.45, 2.75) is 70.1 Å². The Bertz CT molecular complexity index is 584. The highest BCUT2D eigenvalue weighted by atomic mass is 32.1. The molecule has 140 valence electrons. The molecule has 3 rings (SSSR count). The fraction of sp³-hybridized carbons (Fsp3) is 0.700. The van der Waals surface area contributed by atoms with Crippen LogP contribution in [0.25, 0.3) is 0 Å². The number of nitrogens with two attached hydrogens (primary N) is 1. The summed E-state index contributed by atoms with van der Waals surface area (Å²) < 4.78 is 4.89. The molecule has 0 bridgehead atoms. The first-order chi connectivity index (χ1) is 12.2. The number of aliphatic hydroxyl groups is 1. The molecule has 3 unspecified atom stereocenters. The lowest BCUT2D eigenvalue weighted by Gasteiger charge is -2.31. The van der Waals surface area contributed by atoms with E-state index < -0.39 is 6.29 Å². The summed E-state index contributed by atoms with van der Waals surface area (Å²) >= 11 is 1.83. The monoisotopic (exact) mass is 364 g/mol. The van der Waals surface area contributed by atoms with Crippen molar-refractivity contribution in [1.82, 2.24) is 5.32 Å². The zero-order valence-corrected chi connectivity index (χ0v) is 16.1. The van der Waals surface area contributed by atoms with Crippen molar-refractivity contribution in [2.24, 2.45) is 11.7 Å². The van der Waals surface area contributed by atoms with Crippen molar-refractivity contribution < 1.29 is 9.84 Å².